The van der Waals surface area contributed by atoms with Gasteiger partial charge in [-0.2, -0.15) is 0 Å². The van der Waals surface area contributed by atoms with E-state index in [0.29, 0.717) is 5.39 Å². The number of carboxylic acid groups (broad SMARTS) is 2. The fraction of sp³-hybridized carbons (Fsp3) is 0.154. The fourth-order valence-electron chi connectivity index (χ4n) is 2.03. The van der Waals surface area contributed by atoms with Crippen molar-refractivity contribution in [1.82, 2.24) is 5.32 Å². The van der Waals surface area contributed by atoms with Gasteiger partial charge in [0.05, 0.1) is 0 Å². The normalized spacial score (nSPS) is 11.2. The molecule has 1 amide bonds. The molecule has 1 aromatic heterocycles. The van der Waals surface area contributed by atoms with E-state index in [-0.39, 0.29) is 5.56 Å². The molecule has 1 aromatic carbocycles. The molecule has 20 heavy (non-hydrogen) atoms. The Balaban J connectivity index is 2.76. The van der Waals surface area contributed by atoms with E-state index in [4.69, 9.17) is 0 Å². The van der Waals surface area contributed by atoms with E-state index in [2.05, 4.69) is 5.32 Å². The van der Waals surface area contributed by atoms with Gasteiger partial charge in [-0.15, -0.1) is 11.3 Å². The third kappa shape index (κ3) is 2.01. The van der Waals surface area contributed by atoms with Crippen LogP contribution in [-0.2, 0) is 19.9 Å². The topological polar surface area (TPSA) is 104 Å². The van der Waals surface area contributed by atoms with Crippen molar-refractivity contribution in [3.63, 3.8) is 0 Å². The maximum atomic E-state index is 11.5. The standard InChI is InChI=1S/C13H11NO5S/c1-7(15)14-13(11(16)17,12(18)19)9-6-20-10-5-3-2-4-8(9)10/h2-6H,1H3,(H,14,15)(H,16,17)(H,18,19). The highest BCUT2D eigenvalue weighted by atomic mass is 32.1. The molecule has 0 atom stereocenters. The van der Waals surface area contributed by atoms with E-state index in [0.717, 1.165) is 11.6 Å². The lowest BCUT2D eigenvalue weighted by atomic mass is 9.89. The first kappa shape index (κ1) is 14.0. The van der Waals surface area contributed by atoms with Crippen molar-refractivity contribution in [3.05, 3.63) is 35.2 Å². The Morgan fingerprint density at radius 1 is 1.15 bits per heavy atom. The number of carbonyl (C=O) groups is 3. The Bertz CT molecular complexity index is 692. The van der Waals surface area contributed by atoms with Crippen molar-refractivity contribution in [2.45, 2.75) is 12.5 Å². The van der Waals surface area contributed by atoms with Gasteiger partial charge < -0.3 is 15.5 Å². The van der Waals surface area contributed by atoms with Gasteiger partial charge in [0.15, 0.2) is 0 Å². The van der Waals surface area contributed by atoms with Gasteiger partial charge in [-0.3, -0.25) is 4.79 Å². The number of carbonyl (C=O) groups excluding carboxylic acids is 1. The van der Waals surface area contributed by atoms with E-state index in [1.807, 2.05) is 0 Å². The number of thiophene rings is 1. The van der Waals surface area contributed by atoms with Crippen molar-refractivity contribution in [2.75, 3.05) is 0 Å². The number of amides is 1. The van der Waals surface area contributed by atoms with E-state index in [1.54, 1.807) is 24.3 Å². The predicted molar refractivity (Wildman–Crippen MR) is 72.6 cm³/mol. The third-order valence-corrected chi connectivity index (χ3v) is 3.85. The Morgan fingerprint density at radius 2 is 1.75 bits per heavy atom. The van der Waals surface area contributed by atoms with E-state index in [1.165, 1.54) is 16.7 Å². The zero-order valence-electron chi connectivity index (χ0n) is 10.4. The van der Waals surface area contributed by atoms with Crippen LogP contribution in [-0.4, -0.2) is 28.1 Å². The highest BCUT2D eigenvalue weighted by molar-refractivity contribution is 7.17. The lowest BCUT2D eigenvalue weighted by Crippen LogP contribution is -2.56. The molecule has 0 spiro atoms. The average Bonchev–Trinajstić information content (AvgIpc) is 2.79. The van der Waals surface area contributed by atoms with Crippen LogP contribution >= 0.6 is 11.3 Å². The van der Waals surface area contributed by atoms with Crippen LogP contribution in [0.3, 0.4) is 0 Å². The Hall–Kier alpha value is -2.41. The summed E-state index contributed by atoms with van der Waals surface area (Å²) in [5.41, 5.74) is -2.43. The quantitative estimate of drug-likeness (QED) is 0.739. The first-order valence-corrected chi connectivity index (χ1v) is 6.50. The summed E-state index contributed by atoms with van der Waals surface area (Å²) in [7, 11) is 0. The molecule has 0 aliphatic rings. The van der Waals surface area contributed by atoms with E-state index in [9.17, 15) is 24.6 Å². The largest absolute Gasteiger partial charge is 0.479 e. The molecular formula is C13H11NO5S. The summed E-state index contributed by atoms with van der Waals surface area (Å²) >= 11 is 1.22. The molecular weight excluding hydrogens is 282 g/mol. The van der Waals surface area contributed by atoms with Crippen LogP contribution < -0.4 is 5.32 Å². The van der Waals surface area contributed by atoms with E-state index >= 15 is 0 Å². The van der Waals surface area contributed by atoms with Gasteiger partial charge in [0.25, 0.3) is 5.54 Å². The lowest BCUT2D eigenvalue weighted by molar-refractivity contribution is -0.161. The van der Waals surface area contributed by atoms with E-state index < -0.39 is 23.4 Å². The van der Waals surface area contributed by atoms with Crippen molar-refractivity contribution in [1.29, 1.82) is 0 Å². The summed E-state index contributed by atoms with van der Waals surface area (Å²) in [6.45, 7) is 1.08. The molecule has 0 bridgehead atoms. The summed E-state index contributed by atoms with van der Waals surface area (Å²) in [6, 6.07) is 6.83. The minimum Gasteiger partial charge on any atom is -0.479 e. The van der Waals surface area contributed by atoms with Gasteiger partial charge >= 0.3 is 11.9 Å². The van der Waals surface area contributed by atoms with Crippen molar-refractivity contribution in [2.24, 2.45) is 0 Å². The second-order valence-corrected chi connectivity index (χ2v) is 5.10. The predicted octanol–water partition coefficient (Wildman–Crippen LogP) is 1.40. The smallest absolute Gasteiger partial charge is 0.346 e. The number of aliphatic carboxylic acids is 2. The SMILES string of the molecule is CC(=O)NC(C(=O)O)(C(=O)O)c1csc2ccccc12. The molecule has 0 saturated carbocycles. The van der Waals surface area contributed by atoms with Gasteiger partial charge in [0.1, 0.15) is 0 Å². The maximum Gasteiger partial charge on any atom is 0.346 e. The first-order valence-electron chi connectivity index (χ1n) is 5.62. The third-order valence-electron chi connectivity index (χ3n) is 2.89. The first-order chi connectivity index (χ1) is 9.39. The number of rotatable bonds is 4. The van der Waals surface area contributed by atoms with Gasteiger partial charge in [-0.1, -0.05) is 18.2 Å². The molecule has 0 fully saturated rings. The number of carboxylic acids is 2. The Kier molecular flexibility index (Phi) is 3.46. The van der Waals surface area contributed by atoms with Crippen LogP contribution in [0.2, 0.25) is 0 Å². The van der Waals surface area contributed by atoms with Crippen LogP contribution in [0.25, 0.3) is 10.1 Å². The number of hydrogen-bond acceptors (Lipinski definition) is 4. The van der Waals surface area contributed by atoms with Gasteiger partial charge in [0, 0.05) is 17.2 Å². The van der Waals surface area contributed by atoms with Crippen molar-refractivity contribution < 1.29 is 24.6 Å². The summed E-state index contributed by atoms with van der Waals surface area (Å²) < 4.78 is 0.750. The zero-order chi connectivity index (χ0) is 14.9. The molecule has 0 radical (unpaired) electrons. The zero-order valence-corrected chi connectivity index (χ0v) is 11.2. The number of hydrogen-bond donors (Lipinski definition) is 3. The number of nitrogens with one attached hydrogen (secondary N) is 1. The molecule has 7 heteroatoms. The van der Waals surface area contributed by atoms with Crippen molar-refractivity contribution in [3.8, 4) is 0 Å². The highest BCUT2D eigenvalue weighted by Crippen LogP contribution is 2.34. The number of benzene rings is 1. The summed E-state index contributed by atoms with van der Waals surface area (Å²) in [5.74, 6) is -4.00. The van der Waals surface area contributed by atoms with Gasteiger partial charge in [0.2, 0.25) is 5.91 Å². The monoisotopic (exact) mass is 293 g/mol. The molecule has 3 N–H and O–H groups in total. The molecule has 104 valence electrons. The molecule has 0 aliphatic heterocycles. The minimum atomic E-state index is -2.48. The minimum absolute atomic E-state index is 0.0494. The second kappa shape index (κ2) is 4.93. The fourth-order valence-corrected chi connectivity index (χ4v) is 3.04. The number of fused-ring (bicyclic) bond motifs is 1. The molecule has 0 aliphatic carbocycles. The molecule has 2 aromatic rings. The summed E-state index contributed by atoms with van der Waals surface area (Å²) in [5, 5.41) is 22.8. The Morgan fingerprint density at radius 3 is 2.30 bits per heavy atom. The lowest BCUT2D eigenvalue weighted by Gasteiger charge is -2.25. The molecule has 6 nitrogen and oxygen atoms in total. The van der Waals surface area contributed by atoms with Crippen LogP contribution in [0.4, 0.5) is 0 Å². The van der Waals surface area contributed by atoms with Gasteiger partial charge in [-0.05, 0) is 16.8 Å². The van der Waals surface area contributed by atoms with Crippen LogP contribution in [0.1, 0.15) is 12.5 Å². The van der Waals surface area contributed by atoms with Gasteiger partial charge in [-0.25, -0.2) is 9.59 Å². The van der Waals surface area contributed by atoms with Crippen LogP contribution in [0.15, 0.2) is 29.6 Å². The molecule has 0 saturated heterocycles. The van der Waals surface area contributed by atoms with Crippen LogP contribution in [0, 0.1) is 0 Å². The molecule has 1 heterocycles. The Labute approximate surface area is 117 Å². The van der Waals surface area contributed by atoms with Crippen LogP contribution in [0.5, 0.6) is 0 Å². The highest BCUT2D eigenvalue weighted by Gasteiger charge is 2.50. The molecule has 2 rings (SSSR count). The second-order valence-electron chi connectivity index (χ2n) is 4.19. The average molecular weight is 293 g/mol. The maximum absolute atomic E-state index is 11.5. The molecule has 0 unspecified atom stereocenters. The van der Waals surface area contributed by atoms with Crippen molar-refractivity contribution >= 4 is 39.3 Å². The summed E-state index contributed by atoms with van der Waals surface area (Å²) in [6.07, 6.45) is 0. The summed E-state index contributed by atoms with van der Waals surface area (Å²) in [4.78, 5) is 34.4.